The molecule has 0 saturated carbocycles. The third-order valence-corrected chi connectivity index (χ3v) is 4.63. The van der Waals surface area contributed by atoms with Crippen LogP contribution in [-0.2, 0) is 9.59 Å². The maximum Gasteiger partial charge on any atom is 0.294 e. The van der Waals surface area contributed by atoms with Crippen molar-refractivity contribution < 1.29 is 24.2 Å². The van der Waals surface area contributed by atoms with Gasteiger partial charge in [0.15, 0.2) is 0 Å². The number of thioether (sulfide) groups is 1. The van der Waals surface area contributed by atoms with Crippen LogP contribution in [0.4, 0.5) is 10.5 Å². The normalized spacial score (nSPS) is 15.3. The molecule has 0 aliphatic carbocycles. The van der Waals surface area contributed by atoms with E-state index >= 15 is 0 Å². The first-order valence-electron chi connectivity index (χ1n) is 7.94. The molecule has 2 N–H and O–H groups in total. The first-order chi connectivity index (χ1) is 13.0. The fourth-order valence-corrected chi connectivity index (χ4v) is 3.25. The predicted octanol–water partition coefficient (Wildman–Crippen LogP) is 3.08. The first-order valence-corrected chi connectivity index (χ1v) is 8.76. The van der Waals surface area contributed by atoms with E-state index < -0.39 is 23.6 Å². The molecule has 1 fully saturated rings. The molecule has 8 heteroatoms. The van der Waals surface area contributed by atoms with Gasteiger partial charge in [-0.1, -0.05) is 18.2 Å². The number of hydrogen-bond acceptors (Lipinski definition) is 6. The van der Waals surface area contributed by atoms with Gasteiger partial charge in [-0.3, -0.25) is 19.3 Å². The summed E-state index contributed by atoms with van der Waals surface area (Å²) in [6, 6.07) is 13.0. The average molecular weight is 384 g/mol. The van der Waals surface area contributed by atoms with Crippen molar-refractivity contribution in [3.8, 4) is 11.5 Å². The topological polar surface area (TPSA) is 95.9 Å². The Morgan fingerprint density at radius 3 is 2.63 bits per heavy atom. The number of phenols is 1. The monoisotopic (exact) mass is 384 g/mol. The van der Waals surface area contributed by atoms with Crippen LogP contribution < -0.4 is 10.1 Å². The number of benzene rings is 2. The van der Waals surface area contributed by atoms with Gasteiger partial charge in [0.1, 0.15) is 18.0 Å². The number of anilines is 1. The highest BCUT2D eigenvalue weighted by Gasteiger charge is 2.36. The lowest BCUT2D eigenvalue weighted by Crippen LogP contribution is -2.36. The zero-order valence-electron chi connectivity index (χ0n) is 14.3. The summed E-state index contributed by atoms with van der Waals surface area (Å²) in [5, 5.41) is 11.4. The van der Waals surface area contributed by atoms with Crippen LogP contribution in [-0.4, -0.2) is 40.7 Å². The number of ether oxygens (including phenoxy) is 1. The summed E-state index contributed by atoms with van der Waals surface area (Å²) >= 11 is 0.785. The summed E-state index contributed by atoms with van der Waals surface area (Å²) in [6.45, 7) is -0.403. The number of amides is 3. The van der Waals surface area contributed by atoms with Gasteiger partial charge in [-0.05, 0) is 47.7 Å². The second-order valence-electron chi connectivity index (χ2n) is 5.64. The molecule has 0 spiro atoms. The second-order valence-corrected chi connectivity index (χ2v) is 6.63. The molecule has 0 radical (unpaired) electrons. The molecule has 27 heavy (non-hydrogen) atoms. The van der Waals surface area contributed by atoms with Crippen LogP contribution in [0, 0.1) is 0 Å². The Balaban J connectivity index is 1.68. The highest BCUT2D eigenvalue weighted by Crippen LogP contribution is 2.32. The van der Waals surface area contributed by atoms with Gasteiger partial charge in [0.2, 0.25) is 5.91 Å². The number of hydrogen-bond donors (Lipinski definition) is 2. The van der Waals surface area contributed by atoms with Crippen molar-refractivity contribution in [1.82, 2.24) is 4.90 Å². The molecule has 0 unspecified atom stereocenters. The van der Waals surface area contributed by atoms with Crippen molar-refractivity contribution in [1.29, 1.82) is 0 Å². The van der Waals surface area contributed by atoms with Crippen molar-refractivity contribution in [2.24, 2.45) is 0 Å². The Bertz CT molecular complexity index is 924. The zero-order chi connectivity index (χ0) is 19.4. The van der Waals surface area contributed by atoms with Gasteiger partial charge in [0.05, 0.1) is 12.0 Å². The summed E-state index contributed by atoms with van der Waals surface area (Å²) in [5.41, 5.74) is 1.12. The minimum atomic E-state index is -0.534. The maximum atomic E-state index is 12.5. The standard InChI is InChI=1S/C19H16N2O5S/c1-26-15-7-5-12(6-8-15)9-16-18(24)21(19(25)27-16)11-17(23)20-13-3-2-4-14(22)10-13/h2-10,22H,11H2,1H3,(H,20,23)/b16-9-. The Labute approximate surface area is 159 Å². The zero-order valence-corrected chi connectivity index (χ0v) is 15.2. The summed E-state index contributed by atoms with van der Waals surface area (Å²) in [4.78, 5) is 37.8. The van der Waals surface area contributed by atoms with Crippen LogP contribution in [0.15, 0.2) is 53.4 Å². The molecule has 2 aromatic carbocycles. The van der Waals surface area contributed by atoms with E-state index in [1.165, 1.54) is 12.1 Å². The summed E-state index contributed by atoms with van der Waals surface area (Å²) in [5.74, 6) is -0.370. The predicted molar refractivity (Wildman–Crippen MR) is 102 cm³/mol. The molecule has 7 nitrogen and oxygen atoms in total. The number of imide groups is 1. The lowest BCUT2D eigenvalue weighted by Gasteiger charge is -2.12. The number of rotatable bonds is 5. The van der Waals surface area contributed by atoms with Crippen LogP contribution >= 0.6 is 11.8 Å². The number of carbonyl (C=O) groups excluding carboxylic acids is 3. The fourth-order valence-electron chi connectivity index (χ4n) is 2.42. The molecule has 1 aliphatic rings. The number of methoxy groups -OCH3 is 1. The van der Waals surface area contributed by atoms with Gasteiger partial charge in [-0.15, -0.1) is 0 Å². The summed E-state index contributed by atoms with van der Waals surface area (Å²) in [6.07, 6.45) is 1.59. The Hall–Kier alpha value is -3.26. The molecule has 3 rings (SSSR count). The Morgan fingerprint density at radius 1 is 1.22 bits per heavy atom. The van der Waals surface area contributed by atoms with E-state index in [4.69, 9.17) is 4.74 Å². The van der Waals surface area contributed by atoms with Crippen LogP contribution in [0.2, 0.25) is 0 Å². The maximum absolute atomic E-state index is 12.5. The second kappa shape index (κ2) is 7.96. The van der Waals surface area contributed by atoms with Crippen LogP contribution in [0.25, 0.3) is 6.08 Å². The van der Waals surface area contributed by atoms with Crippen LogP contribution in [0.5, 0.6) is 11.5 Å². The van der Waals surface area contributed by atoms with E-state index in [1.54, 1.807) is 49.6 Å². The number of carbonyl (C=O) groups is 3. The van der Waals surface area contributed by atoms with E-state index in [0.29, 0.717) is 11.4 Å². The number of nitrogens with one attached hydrogen (secondary N) is 1. The molecule has 0 atom stereocenters. The molecule has 0 bridgehead atoms. The molecular weight excluding hydrogens is 368 g/mol. The van der Waals surface area contributed by atoms with Gasteiger partial charge < -0.3 is 15.2 Å². The number of aromatic hydroxyl groups is 1. The average Bonchev–Trinajstić information content (AvgIpc) is 2.90. The van der Waals surface area contributed by atoms with Gasteiger partial charge in [0.25, 0.3) is 11.1 Å². The molecule has 1 aliphatic heterocycles. The Morgan fingerprint density at radius 2 is 1.96 bits per heavy atom. The van der Waals surface area contributed by atoms with Gasteiger partial charge >= 0.3 is 0 Å². The van der Waals surface area contributed by atoms with Crippen molar-refractivity contribution in [2.75, 3.05) is 19.0 Å². The minimum absolute atomic E-state index is 0.00129. The smallest absolute Gasteiger partial charge is 0.294 e. The van der Waals surface area contributed by atoms with Crippen molar-refractivity contribution in [3.05, 3.63) is 59.0 Å². The highest BCUT2D eigenvalue weighted by molar-refractivity contribution is 8.18. The molecule has 138 valence electrons. The molecule has 3 amide bonds. The lowest BCUT2D eigenvalue weighted by atomic mass is 10.2. The highest BCUT2D eigenvalue weighted by atomic mass is 32.2. The van der Waals surface area contributed by atoms with Crippen molar-refractivity contribution in [3.63, 3.8) is 0 Å². The van der Waals surface area contributed by atoms with E-state index in [9.17, 15) is 19.5 Å². The molecule has 1 heterocycles. The van der Waals surface area contributed by atoms with Crippen LogP contribution in [0.3, 0.4) is 0 Å². The first kappa shape index (κ1) is 18.5. The molecule has 1 saturated heterocycles. The van der Waals surface area contributed by atoms with E-state index in [0.717, 1.165) is 22.2 Å². The third kappa shape index (κ3) is 4.48. The van der Waals surface area contributed by atoms with Crippen molar-refractivity contribution >= 4 is 40.6 Å². The van der Waals surface area contributed by atoms with Crippen molar-refractivity contribution in [2.45, 2.75) is 0 Å². The van der Waals surface area contributed by atoms with E-state index in [-0.39, 0.29) is 10.7 Å². The molecule has 2 aromatic rings. The van der Waals surface area contributed by atoms with Crippen LogP contribution in [0.1, 0.15) is 5.56 Å². The van der Waals surface area contributed by atoms with Gasteiger partial charge in [0, 0.05) is 11.8 Å². The Kier molecular flexibility index (Phi) is 5.46. The number of phenolic OH excluding ortho intramolecular Hbond substituents is 1. The molecular formula is C19H16N2O5S. The fraction of sp³-hybridized carbons (Fsp3) is 0.105. The third-order valence-electron chi connectivity index (χ3n) is 3.72. The molecule has 0 aromatic heterocycles. The summed E-state index contributed by atoms with van der Waals surface area (Å²) in [7, 11) is 1.56. The minimum Gasteiger partial charge on any atom is -0.508 e. The van der Waals surface area contributed by atoms with E-state index in [2.05, 4.69) is 5.32 Å². The SMILES string of the molecule is COc1ccc(/C=C2\SC(=O)N(CC(=O)Nc3cccc(O)c3)C2=O)cc1. The largest absolute Gasteiger partial charge is 0.508 e. The summed E-state index contributed by atoms with van der Waals surface area (Å²) < 4.78 is 5.08. The van der Waals surface area contributed by atoms with Gasteiger partial charge in [-0.2, -0.15) is 0 Å². The van der Waals surface area contributed by atoms with E-state index in [1.807, 2.05) is 0 Å². The number of nitrogens with zero attached hydrogens (tertiary/aromatic N) is 1. The quantitative estimate of drug-likeness (QED) is 0.769. The lowest BCUT2D eigenvalue weighted by molar-refractivity contribution is -0.127. The van der Waals surface area contributed by atoms with Gasteiger partial charge in [-0.25, -0.2) is 0 Å².